The van der Waals surface area contributed by atoms with Gasteiger partial charge in [-0.25, -0.2) is 4.79 Å². The molecule has 0 aliphatic carbocycles. The monoisotopic (exact) mass is 429 g/mol. The van der Waals surface area contributed by atoms with E-state index in [1.54, 1.807) is 6.07 Å². The molecule has 3 aromatic rings. The van der Waals surface area contributed by atoms with Gasteiger partial charge in [-0.1, -0.05) is 0 Å². The van der Waals surface area contributed by atoms with Crippen LogP contribution in [0.15, 0.2) is 44.7 Å². The molecule has 2 N–H and O–H groups in total. The third-order valence-electron chi connectivity index (χ3n) is 4.84. The summed E-state index contributed by atoms with van der Waals surface area (Å²) < 4.78 is 20.0. The summed E-state index contributed by atoms with van der Waals surface area (Å²) in [7, 11) is 3.68. The summed E-state index contributed by atoms with van der Waals surface area (Å²) in [5, 5.41) is 10.8. The molecule has 0 radical (unpaired) electrons. The number of pyridine rings is 1. The van der Waals surface area contributed by atoms with Crippen LogP contribution in [-0.2, 0) is 14.3 Å². The van der Waals surface area contributed by atoms with Crippen LogP contribution in [-0.4, -0.2) is 43.4 Å². The number of aromatic hydroxyl groups is 1. The van der Waals surface area contributed by atoms with Gasteiger partial charge < -0.3 is 28.7 Å². The van der Waals surface area contributed by atoms with Crippen LogP contribution < -0.4 is 15.7 Å². The minimum absolute atomic E-state index is 0.0889. The molecular weight excluding hydrogens is 410 g/mol. The lowest BCUT2D eigenvalue weighted by molar-refractivity contribution is -0.140. The van der Waals surface area contributed by atoms with E-state index in [1.807, 2.05) is 0 Å². The predicted octanol–water partition coefficient (Wildman–Crippen LogP) is 1.68. The van der Waals surface area contributed by atoms with Gasteiger partial charge in [0.25, 0.3) is 5.56 Å². The number of nitrogens with one attached hydrogen (secondary N) is 1. The van der Waals surface area contributed by atoms with Crippen molar-refractivity contribution in [2.24, 2.45) is 0 Å². The van der Waals surface area contributed by atoms with Crippen LogP contribution in [0.5, 0.6) is 11.5 Å². The van der Waals surface area contributed by atoms with E-state index in [4.69, 9.17) is 9.15 Å². The molecule has 0 amide bonds. The van der Waals surface area contributed by atoms with E-state index in [0.29, 0.717) is 5.75 Å². The Bertz CT molecular complexity index is 1270. The summed E-state index contributed by atoms with van der Waals surface area (Å²) in [5.74, 6) is -3.25. The molecule has 0 spiro atoms. The lowest BCUT2D eigenvalue weighted by Crippen LogP contribution is -2.25. The van der Waals surface area contributed by atoms with Crippen LogP contribution in [0, 0.1) is 0 Å². The van der Waals surface area contributed by atoms with Gasteiger partial charge in [0.15, 0.2) is 5.43 Å². The molecule has 0 bridgehead atoms. The fourth-order valence-electron chi connectivity index (χ4n) is 3.24. The van der Waals surface area contributed by atoms with Crippen LogP contribution in [0.1, 0.15) is 33.8 Å². The van der Waals surface area contributed by atoms with E-state index in [9.17, 15) is 24.3 Å². The van der Waals surface area contributed by atoms with Crippen molar-refractivity contribution in [1.82, 2.24) is 4.98 Å². The summed E-state index contributed by atoms with van der Waals surface area (Å²) in [4.78, 5) is 52.2. The molecule has 0 aliphatic heterocycles. The summed E-state index contributed by atoms with van der Waals surface area (Å²) in [5.41, 5.74) is -1.89. The third-order valence-corrected chi connectivity index (χ3v) is 4.84. The fraction of sp³-hybridized carbons (Fsp3) is 0.238. The smallest absolute Gasteiger partial charge is 0.343 e. The van der Waals surface area contributed by atoms with Gasteiger partial charge in [-0.15, -0.1) is 0 Å². The van der Waals surface area contributed by atoms with Crippen LogP contribution in [0.2, 0.25) is 0 Å². The molecule has 1 aromatic carbocycles. The minimum atomic E-state index is -1.27. The normalized spacial score (nSPS) is 11.7. The second kappa shape index (κ2) is 8.74. The number of hydrogen-bond acceptors (Lipinski definition) is 9. The molecule has 2 heterocycles. The number of H-pyrrole nitrogens is 1. The van der Waals surface area contributed by atoms with Gasteiger partial charge in [0.05, 0.1) is 45.0 Å². The van der Waals surface area contributed by atoms with E-state index < -0.39 is 41.0 Å². The van der Waals surface area contributed by atoms with Crippen molar-refractivity contribution >= 4 is 22.9 Å². The minimum Gasteiger partial charge on any atom is -0.506 e. The summed E-state index contributed by atoms with van der Waals surface area (Å²) in [6.45, 7) is 0. The maximum atomic E-state index is 13.2. The molecular formula is C21H19NO9. The molecule has 0 aliphatic rings. The summed E-state index contributed by atoms with van der Waals surface area (Å²) in [6.07, 6.45) is 1.61. The average molecular weight is 429 g/mol. The lowest BCUT2D eigenvalue weighted by atomic mass is 9.88. The molecule has 0 saturated carbocycles. The van der Waals surface area contributed by atoms with Gasteiger partial charge in [-0.3, -0.25) is 14.4 Å². The Balaban J connectivity index is 2.31. The second-order valence-corrected chi connectivity index (χ2v) is 6.50. The van der Waals surface area contributed by atoms with Gasteiger partial charge in [0, 0.05) is 17.7 Å². The number of rotatable bonds is 6. The second-order valence-electron chi connectivity index (χ2n) is 6.50. The quantitative estimate of drug-likeness (QED) is 0.559. The molecule has 0 fully saturated rings. The number of carbonyl (C=O) groups is 2. The van der Waals surface area contributed by atoms with Crippen molar-refractivity contribution in [1.29, 1.82) is 0 Å². The number of ether oxygens (including phenoxy) is 3. The highest BCUT2D eigenvalue weighted by Crippen LogP contribution is 2.33. The fourth-order valence-corrected chi connectivity index (χ4v) is 3.24. The third kappa shape index (κ3) is 4.00. The van der Waals surface area contributed by atoms with Gasteiger partial charge in [-0.05, 0) is 18.2 Å². The van der Waals surface area contributed by atoms with Crippen molar-refractivity contribution in [3.8, 4) is 11.5 Å². The van der Waals surface area contributed by atoms with E-state index >= 15 is 0 Å². The van der Waals surface area contributed by atoms with Gasteiger partial charge in [0.2, 0.25) is 0 Å². The van der Waals surface area contributed by atoms with Gasteiger partial charge >= 0.3 is 11.9 Å². The van der Waals surface area contributed by atoms with Crippen LogP contribution in [0.3, 0.4) is 0 Å². The maximum absolute atomic E-state index is 13.2. The van der Waals surface area contributed by atoms with Crippen molar-refractivity contribution in [2.75, 3.05) is 21.3 Å². The first-order valence-electron chi connectivity index (χ1n) is 9.01. The topological polar surface area (TPSA) is 145 Å². The SMILES string of the molecule is COC(=O)C[C@@H](c1c(O)c(C(=O)OC)c[nH]c1=O)c1coc2ccc(OC)cc2c1=O. The van der Waals surface area contributed by atoms with Crippen molar-refractivity contribution in [3.05, 3.63) is 67.9 Å². The Hall–Kier alpha value is -4.08. The zero-order valence-electron chi connectivity index (χ0n) is 16.9. The molecule has 3 rings (SSSR count). The summed E-state index contributed by atoms with van der Waals surface area (Å²) in [6, 6.07) is 4.60. The Labute approximate surface area is 175 Å². The first-order valence-corrected chi connectivity index (χ1v) is 9.01. The van der Waals surface area contributed by atoms with Crippen LogP contribution >= 0.6 is 0 Å². The molecule has 2 aromatic heterocycles. The number of methoxy groups -OCH3 is 3. The molecule has 10 heteroatoms. The lowest BCUT2D eigenvalue weighted by Gasteiger charge is -2.17. The van der Waals surface area contributed by atoms with Crippen LogP contribution in [0.25, 0.3) is 11.0 Å². The van der Waals surface area contributed by atoms with E-state index in [0.717, 1.165) is 26.7 Å². The van der Waals surface area contributed by atoms with Gasteiger partial charge in [-0.2, -0.15) is 0 Å². The Morgan fingerprint density at radius 2 is 1.90 bits per heavy atom. The van der Waals surface area contributed by atoms with E-state index in [1.165, 1.54) is 19.2 Å². The Morgan fingerprint density at radius 3 is 2.55 bits per heavy atom. The number of aromatic amines is 1. The first-order chi connectivity index (χ1) is 14.8. The molecule has 0 unspecified atom stereocenters. The van der Waals surface area contributed by atoms with Crippen LogP contribution in [0.4, 0.5) is 0 Å². The predicted molar refractivity (Wildman–Crippen MR) is 108 cm³/mol. The Kier molecular flexibility index (Phi) is 6.10. The van der Waals surface area contributed by atoms with E-state index in [2.05, 4.69) is 14.5 Å². The number of fused-ring (bicyclic) bond motifs is 1. The highest BCUT2D eigenvalue weighted by atomic mass is 16.5. The number of hydrogen-bond donors (Lipinski definition) is 2. The molecule has 0 saturated heterocycles. The van der Waals surface area contributed by atoms with Crippen molar-refractivity contribution in [2.45, 2.75) is 12.3 Å². The number of esters is 2. The molecule has 10 nitrogen and oxygen atoms in total. The highest BCUT2D eigenvalue weighted by Gasteiger charge is 2.30. The number of aromatic nitrogens is 1. The standard InChI is InChI=1S/C21H19NO9/c1-28-10-4-5-15-12(6-10)18(24)14(9-31-15)11(7-16(23)29-2)17-19(25)13(21(27)30-3)8-22-20(17)26/h4-6,8-9,11H,7H2,1-3H3,(H2,22,25,26)/t11-/m1/s1. The first kappa shape index (κ1) is 21.6. The number of benzene rings is 1. The van der Waals surface area contributed by atoms with E-state index in [-0.39, 0.29) is 27.7 Å². The maximum Gasteiger partial charge on any atom is 0.343 e. The zero-order chi connectivity index (χ0) is 22.7. The zero-order valence-corrected chi connectivity index (χ0v) is 16.9. The van der Waals surface area contributed by atoms with Gasteiger partial charge in [0.1, 0.15) is 22.6 Å². The molecule has 162 valence electrons. The molecule has 31 heavy (non-hydrogen) atoms. The molecule has 1 atom stereocenters. The highest BCUT2D eigenvalue weighted by molar-refractivity contribution is 5.92. The van der Waals surface area contributed by atoms with Crippen molar-refractivity contribution in [3.63, 3.8) is 0 Å². The summed E-state index contributed by atoms with van der Waals surface area (Å²) >= 11 is 0. The average Bonchev–Trinajstić information content (AvgIpc) is 2.78. The van der Waals surface area contributed by atoms with Crippen molar-refractivity contribution < 1.29 is 33.3 Å². The largest absolute Gasteiger partial charge is 0.506 e. The Morgan fingerprint density at radius 1 is 1.16 bits per heavy atom. The number of carbonyl (C=O) groups excluding carboxylic acids is 2.